The lowest BCUT2D eigenvalue weighted by Gasteiger charge is -2.35. The Balaban J connectivity index is 1.93. The zero-order valence-corrected chi connectivity index (χ0v) is 9.50. The maximum atomic E-state index is 13.1. The van der Waals surface area contributed by atoms with Gasteiger partial charge in [-0.05, 0) is 19.1 Å². The molecule has 0 bridgehead atoms. The molecule has 0 amide bonds. The van der Waals surface area contributed by atoms with E-state index in [0.717, 1.165) is 18.9 Å². The molecule has 2 aliphatic rings. The number of benzene rings is 1. The van der Waals surface area contributed by atoms with E-state index in [1.54, 1.807) is 6.07 Å². The maximum Gasteiger partial charge on any atom is 0.196 e. The molecule has 0 saturated heterocycles. The average Bonchev–Trinajstić information content (AvgIpc) is 2.82. The summed E-state index contributed by atoms with van der Waals surface area (Å²) in [5.41, 5.74) is -0.655. The van der Waals surface area contributed by atoms with Crippen molar-refractivity contribution >= 4 is 5.84 Å². The van der Waals surface area contributed by atoms with Crippen molar-refractivity contribution in [2.45, 2.75) is 12.5 Å². The lowest BCUT2D eigenvalue weighted by atomic mass is 10.1. The van der Waals surface area contributed by atoms with Crippen LogP contribution in [0.5, 0.6) is 11.5 Å². The predicted molar refractivity (Wildman–Crippen MR) is 61.2 cm³/mol. The van der Waals surface area contributed by atoms with E-state index in [0.29, 0.717) is 18.1 Å². The Morgan fingerprint density at radius 1 is 1.41 bits per heavy atom. The Hall–Kier alpha value is -1.78. The smallest absolute Gasteiger partial charge is 0.196 e. The Labute approximate surface area is 98.4 Å². The third-order valence-electron chi connectivity index (χ3n) is 2.92. The SMILES string of the molecule is CC1(C2=NCCN2)COc2ccc(F)cc2O1. The Bertz CT molecular complexity index is 489. The molecule has 1 atom stereocenters. The van der Waals surface area contributed by atoms with Gasteiger partial charge in [-0.2, -0.15) is 0 Å². The van der Waals surface area contributed by atoms with Crippen LogP contribution >= 0.6 is 0 Å². The fraction of sp³-hybridized carbons (Fsp3) is 0.417. The van der Waals surface area contributed by atoms with E-state index < -0.39 is 5.60 Å². The summed E-state index contributed by atoms with van der Waals surface area (Å²) in [4.78, 5) is 4.33. The first-order valence-corrected chi connectivity index (χ1v) is 5.58. The minimum Gasteiger partial charge on any atom is -0.485 e. The van der Waals surface area contributed by atoms with Crippen LogP contribution in [0.1, 0.15) is 6.92 Å². The van der Waals surface area contributed by atoms with E-state index in [9.17, 15) is 4.39 Å². The molecule has 1 N–H and O–H groups in total. The second-order valence-electron chi connectivity index (χ2n) is 4.37. The van der Waals surface area contributed by atoms with Crippen LogP contribution in [0.15, 0.2) is 23.2 Å². The molecule has 0 saturated carbocycles. The Kier molecular flexibility index (Phi) is 2.21. The molecule has 0 radical (unpaired) electrons. The van der Waals surface area contributed by atoms with Gasteiger partial charge in [0.15, 0.2) is 17.1 Å². The minimum absolute atomic E-state index is 0.335. The summed E-state index contributed by atoms with van der Waals surface area (Å²) in [5.74, 6) is 1.43. The van der Waals surface area contributed by atoms with Crippen LogP contribution in [0.25, 0.3) is 0 Å². The third kappa shape index (κ3) is 1.71. The van der Waals surface area contributed by atoms with Crippen LogP contribution in [-0.2, 0) is 0 Å². The zero-order valence-electron chi connectivity index (χ0n) is 9.50. The Morgan fingerprint density at radius 3 is 3.06 bits per heavy atom. The van der Waals surface area contributed by atoms with Crippen LogP contribution in [0, 0.1) is 5.82 Å². The molecule has 0 aromatic heterocycles. The maximum absolute atomic E-state index is 13.1. The van der Waals surface area contributed by atoms with Gasteiger partial charge in [0.25, 0.3) is 0 Å². The summed E-state index contributed by atoms with van der Waals surface area (Å²) in [6.45, 7) is 3.81. The predicted octanol–water partition coefficient (Wildman–Crippen LogP) is 1.36. The molecule has 3 rings (SSSR count). The van der Waals surface area contributed by atoms with E-state index in [2.05, 4.69) is 10.3 Å². The lowest BCUT2D eigenvalue weighted by Crippen LogP contribution is -2.53. The highest BCUT2D eigenvalue weighted by Crippen LogP contribution is 2.36. The molecule has 4 nitrogen and oxygen atoms in total. The monoisotopic (exact) mass is 236 g/mol. The topological polar surface area (TPSA) is 42.9 Å². The van der Waals surface area contributed by atoms with Crippen molar-refractivity contribution in [2.24, 2.45) is 4.99 Å². The summed E-state index contributed by atoms with van der Waals surface area (Å²) in [5, 5.41) is 3.16. The van der Waals surface area contributed by atoms with Crippen molar-refractivity contribution < 1.29 is 13.9 Å². The molecule has 0 aliphatic carbocycles. The van der Waals surface area contributed by atoms with Crippen molar-refractivity contribution in [3.05, 3.63) is 24.0 Å². The molecule has 1 unspecified atom stereocenters. The van der Waals surface area contributed by atoms with Crippen LogP contribution in [0.4, 0.5) is 4.39 Å². The number of hydrogen-bond acceptors (Lipinski definition) is 4. The quantitative estimate of drug-likeness (QED) is 0.800. The molecule has 90 valence electrons. The molecular weight excluding hydrogens is 223 g/mol. The average molecular weight is 236 g/mol. The third-order valence-corrected chi connectivity index (χ3v) is 2.92. The van der Waals surface area contributed by atoms with Gasteiger partial charge >= 0.3 is 0 Å². The van der Waals surface area contributed by atoms with Gasteiger partial charge in [-0.15, -0.1) is 0 Å². The largest absolute Gasteiger partial charge is 0.485 e. The molecular formula is C12H13FN2O2. The van der Waals surface area contributed by atoms with Gasteiger partial charge < -0.3 is 14.8 Å². The van der Waals surface area contributed by atoms with Gasteiger partial charge in [0.1, 0.15) is 18.3 Å². The number of fused-ring (bicyclic) bond motifs is 1. The number of nitrogens with zero attached hydrogens (tertiary/aromatic N) is 1. The first-order chi connectivity index (χ1) is 8.17. The van der Waals surface area contributed by atoms with Gasteiger partial charge in [0.05, 0.1) is 6.54 Å². The highest BCUT2D eigenvalue weighted by molar-refractivity contribution is 5.92. The van der Waals surface area contributed by atoms with E-state index in [-0.39, 0.29) is 5.82 Å². The number of nitrogens with one attached hydrogen (secondary N) is 1. The summed E-state index contributed by atoms with van der Waals surface area (Å²) in [6.07, 6.45) is 0. The lowest BCUT2D eigenvalue weighted by molar-refractivity contribution is 0.0572. The molecule has 2 heterocycles. The minimum atomic E-state index is -0.655. The van der Waals surface area contributed by atoms with Gasteiger partial charge in [-0.1, -0.05) is 0 Å². The second kappa shape index (κ2) is 3.61. The highest BCUT2D eigenvalue weighted by Gasteiger charge is 2.39. The van der Waals surface area contributed by atoms with Gasteiger partial charge in [-0.3, -0.25) is 4.99 Å². The fourth-order valence-electron chi connectivity index (χ4n) is 2.04. The first kappa shape index (κ1) is 10.4. The number of ether oxygens (including phenoxy) is 2. The van der Waals surface area contributed by atoms with E-state index >= 15 is 0 Å². The van der Waals surface area contributed by atoms with Gasteiger partial charge in [0.2, 0.25) is 0 Å². The number of halogens is 1. The number of rotatable bonds is 1. The molecule has 17 heavy (non-hydrogen) atoms. The number of amidine groups is 1. The summed E-state index contributed by atoms with van der Waals surface area (Å²) in [6, 6.07) is 4.27. The summed E-state index contributed by atoms with van der Waals surface area (Å²) < 4.78 is 24.6. The zero-order chi connectivity index (χ0) is 11.9. The van der Waals surface area contributed by atoms with Crippen molar-refractivity contribution in [3.8, 4) is 11.5 Å². The second-order valence-corrected chi connectivity index (χ2v) is 4.37. The van der Waals surface area contributed by atoms with Crippen molar-refractivity contribution in [1.82, 2.24) is 5.32 Å². The van der Waals surface area contributed by atoms with Gasteiger partial charge in [-0.25, -0.2) is 4.39 Å². The van der Waals surface area contributed by atoms with Crippen LogP contribution in [0.3, 0.4) is 0 Å². The summed E-state index contributed by atoms with van der Waals surface area (Å²) in [7, 11) is 0. The molecule has 5 heteroatoms. The molecule has 2 aliphatic heterocycles. The highest BCUT2D eigenvalue weighted by atomic mass is 19.1. The van der Waals surface area contributed by atoms with E-state index in [4.69, 9.17) is 9.47 Å². The first-order valence-electron chi connectivity index (χ1n) is 5.58. The molecule has 1 aromatic carbocycles. The van der Waals surface area contributed by atoms with E-state index in [1.807, 2.05) is 6.92 Å². The van der Waals surface area contributed by atoms with Crippen LogP contribution in [0.2, 0.25) is 0 Å². The molecule has 1 aromatic rings. The molecule has 0 spiro atoms. The number of aliphatic imine (C=N–C) groups is 1. The van der Waals surface area contributed by atoms with Crippen LogP contribution < -0.4 is 14.8 Å². The van der Waals surface area contributed by atoms with Crippen molar-refractivity contribution in [1.29, 1.82) is 0 Å². The fourth-order valence-corrected chi connectivity index (χ4v) is 2.04. The normalized spacial score (nSPS) is 26.4. The van der Waals surface area contributed by atoms with Crippen molar-refractivity contribution in [2.75, 3.05) is 19.7 Å². The van der Waals surface area contributed by atoms with Gasteiger partial charge in [0, 0.05) is 12.6 Å². The standard InChI is InChI=1S/C12H13FN2O2/c1-12(11-14-4-5-15-11)7-16-9-3-2-8(13)6-10(9)17-12/h2-3,6H,4-5,7H2,1H3,(H,14,15). The summed E-state index contributed by atoms with van der Waals surface area (Å²) >= 11 is 0. The molecule has 0 fully saturated rings. The Morgan fingerprint density at radius 2 is 2.29 bits per heavy atom. The number of hydrogen-bond donors (Lipinski definition) is 1. The van der Waals surface area contributed by atoms with E-state index in [1.165, 1.54) is 12.1 Å². The van der Waals surface area contributed by atoms with Crippen molar-refractivity contribution in [3.63, 3.8) is 0 Å². The van der Waals surface area contributed by atoms with Crippen LogP contribution in [-0.4, -0.2) is 31.1 Å².